The van der Waals surface area contributed by atoms with E-state index in [1.54, 1.807) is 12.1 Å². The number of rotatable bonds is 3. The van der Waals surface area contributed by atoms with Crippen LogP contribution in [0.15, 0.2) is 48.5 Å². The van der Waals surface area contributed by atoms with E-state index in [0.717, 1.165) is 22.3 Å². The van der Waals surface area contributed by atoms with Crippen LogP contribution < -0.4 is 4.90 Å². The van der Waals surface area contributed by atoms with Crippen LogP contribution in [0, 0.1) is 12.7 Å². The van der Waals surface area contributed by atoms with Crippen LogP contribution in [0.1, 0.15) is 11.3 Å². The molecule has 0 atom stereocenters. The van der Waals surface area contributed by atoms with Crippen molar-refractivity contribution in [1.29, 1.82) is 0 Å². The molecule has 3 aromatic rings. The summed E-state index contributed by atoms with van der Waals surface area (Å²) in [6.45, 7) is 2.39. The molecule has 0 spiro atoms. The lowest BCUT2D eigenvalue weighted by Gasteiger charge is -2.20. The number of aryl methyl sites for hydroxylation is 1. The van der Waals surface area contributed by atoms with Gasteiger partial charge < -0.3 is 4.90 Å². The van der Waals surface area contributed by atoms with E-state index >= 15 is 0 Å². The van der Waals surface area contributed by atoms with Crippen LogP contribution in [0.5, 0.6) is 0 Å². The monoisotopic (exact) mass is 281 g/mol. The van der Waals surface area contributed by atoms with E-state index in [2.05, 4.69) is 10.2 Å². The standard InChI is InChI=1S/C17H16FN3/c1-12-14-8-4-5-9-15(14)17(20-19-12)21(2)11-13-7-3-6-10-16(13)18/h3-10H,11H2,1-2H3. The molecule has 0 amide bonds. The van der Waals surface area contributed by atoms with Crippen molar-refractivity contribution in [2.75, 3.05) is 11.9 Å². The fourth-order valence-corrected chi connectivity index (χ4v) is 2.46. The third-order valence-electron chi connectivity index (χ3n) is 3.58. The minimum atomic E-state index is -0.200. The van der Waals surface area contributed by atoms with Crippen molar-refractivity contribution in [3.05, 3.63) is 65.6 Å². The Kier molecular flexibility index (Phi) is 3.52. The molecule has 2 aromatic carbocycles. The Morgan fingerprint density at radius 2 is 1.62 bits per heavy atom. The minimum Gasteiger partial charge on any atom is -0.353 e. The van der Waals surface area contributed by atoms with Crippen LogP contribution >= 0.6 is 0 Å². The molecule has 106 valence electrons. The molecule has 0 N–H and O–H groups in total. The molecule has 0 saturated heterocycles. The van der Waals surface area contributed by atoms with Gasteiger partial charge in [0.2, 0.25) is 0 Å². The van der Waals surface area contributed by atoms with Crippen LogP contribution in [0.2, 0.25) is 0 Å². The Balaban J connectivity index is 2.01. The predicted octanol–water partition coefficient (Wildman–Crippen LogP) is 3.71. The van der Waals surface area contributed by atoms with Crippen LogP contribution in [-0.4, -0.2) is 17.2 Å². The minimum absolute atomic E-state index is 0.200. The molecule has 0 aliphatic carbocycles. The van der Waals surface area contributed by atoms with Gasteiger partial charge in [0.15, 0.2) is 5.82 Å². The molecule has 3 nitrogen and oxygen atoms in total. The van der Waals surface area contributed by atoms with Gasteiger partial charge in [0.25, 0.3) is 0 Å². The van der Waals surface area contributed by atoms with Crippen molar-refractivity contribution in [3.63, 3.8) is 0 Å². The van der Waals surface area contributed by atoms with Crippen molar-refractivity contribution in [1.82, 2.24) is 10.2 Å². The average molecular weight is 281 g/mol. The highest BCUT2D eigenvalue weighted by Crippen LogP contribution is 2.25. The van der Waals surface area contributed by atoms with Gasteiger partial charge in [-0.05, 0) is 13.0 Å². The summed E-state index contributed by atoms with van der Waals surface area (Å²) in [6.07, 6.45) is 0. The van der Waals surface area contributed by atoms with Crippen LogP contribution in [0.25, 0.3) is 10.8 Å². The molecular weight excluding hydrogens is 265 g/mol. The summed E-state index contributed by atoms with van der Waals surface area (Å²) in [4.78, 5) is 1.92. The third-order valence-corrected chi connectivity index (χ3v) is 3.58. The number of hydrogen-bond donors (Lipinski definition) is 0. The zero-order valence-corrected chi connectivity index (χ0v) is 12.0. The molecule has 4 heteroatoms. The van der Waals surface area contributed by atoms with E-state index in [1.165, 1.54) is 6.07 Å². The summed E-state index contributed by atoms with van der Waals surface area (Å²) < 4.78 is 13.8. The lowest BCUT2D eigenvalue weighted by Crippen LogP contribution is -2.19. The smallest absolute Gasteiger partial charge is 0.159 e. The van der Waals surface area contributed by atoms with E-state index in [4.69, 9.17) is 0 Å². The van der Waals surface area contributed by atoms with Crippen molar-refractivity contribution in [3.8, 4) is 0 Å². The third kappa shape index (κ3) is 2.57. The Hall–Kier alpha value is -2.49. The second-order valence-corrected chi connectivity index (χ2v) is 5.10. The van der Waals surface area contributed by atoms with Gasteiger partial charge in [-0.25, -0.2) is 4.39 Å². The number of anilines is 1. The summed E-state index contributed by atoms with van der Waals surface area (Å²) in [5.74, 6) is 0.563. The zero-order chi connectivity index (χ0) is 14.8. The number of aromatic nitrogens is 2. The molecule has 0 aliphatic heterocycles. The molecule has 3 rings (SSSR count). The average Bonchev–Trinajstić information content (AvgIpc) is 2.50. The Labute approximate surface area is 123 Å². The number of nitrogens with zero attached hydrogens (tertiary/aromatic N) is 3. The van der Waals surface area contributed by atoms with Crippen molar-refractivity contribution in [2.24, 2.45) is 0 Å². The van der Waals surface area contributed by atoms with E-state index in [0.29, 0.717) is 12.1 Å². The van der Waals surface area contributed by atoms with Gasteiger partial charge in [-0.15, -0.1) is 5.10 Å². The van der Waals surface area contributed by atoms with E-state index in [-0.39, 0.29) is 5.82 Å². The maximum Gasteiger partial charge on any atom is 0.159 e. The maximum atomic E-state index is 13.8. The van der Waals surface area contributed by atoms with E-state index in [1.807, 2.05) is 49.2 Å². The van der Waals surface area contributed by atoms with Crippen molar-refractivity contribution in [2.45, 2.75) is 13.5 Å². The number of hydrogen-bond acceptors (Lipinski definition) is 3. The molecule has 0 bridgehead atoms. The first-order valence-electron chi connectivity index (χ1n) is 6.83. The zero-order valence-electron chi connectivity index (χ0n) is 12.0. The molecule has 0 radical (unpaired) electrons. The second-order valence-electron chi connectivity index (χ2n) is 5.10. The van der Waals surface area contributed by atoms with Crippen LogP contribution in [-0.2, 0) is 6.54 Å². The summed E-state index contributed by atoms with van der Waals surface area (Å²) in [7, 11) is 1.90. The van der Waals surface area contributed by atoms with Gasteiger partial charge in [-0.2, -0.15) is 5.10 Å². The SMILES string of the molecule is Cc1nnc(N(C)Cc2ccccc2F)c2ccccc12. The molecule has 0 fully saturated rings. The van der Waals surface area contributed by atoms with Gasteiger partial charge >= 0.3 is 0 Å². The summed E-state index contributed by atoms with van der Waals surface area (Å²) in [5.41, 5.74) is 1.54. The predicted molar refractivity (Wildman–Crippen MR) is 82.8 cm³/mol. The van der Waals surface area contributed by atoms with Crippen molar-refractivity contribution < 1.29 is 4.39 Å². The van der Waals surface area contributed by atoms with Gasteiger partial charge in [0.1, 0.15) is 5.82 Å². The summed E-state index contributed by atoms with van der Waals surface area (Å²) in [5, 5.41) is 10.6. The van der Waals surface area contributed by atoms with Gasteiger partial charge in [-0.1, -0.05) is 42.5 Å². The Morgan fingerprint density at radius 3 is 2.38 bits per heavy atom. The van der Waals surface area contributed by atoms with E-state index in [9.17, 15) is 4.39 Å². The van der Waals surface area contributed by atoms with Crippen LogP contribution in [0.4, 0.5) is 10.2 Å². The topological polar surface area (TPSA) is 29.0 Å². The molecule has 0 aliphatic rings. The largest absolute Gasteiger partial charge is 0.353 e. The van der Waals surface area contributed by atoms with E-state index < -0.39 is 0 Å². The molecular formula is C17H16FN3. The fourth-order valence-electron chi connectivity index (χ4n) is 2.46. The summed E-state index contributed by atoms with van der Waals surface area (Å²) in [6, 6.07) is 14.8. The fraction of sp³-hybridized carbons (Fsp3) is 0.176. The first kappa shape index (κ1) is 13.5. The maximum absolute atomic E-state index is 13.8. The van der Waals surface area contributed by atoms with Gasteiger partial charge in [0, 0.05) is 29.9 Å². The Bertz CT molecular complexity index is 786. The number of fused-ring (bicyclic) bond motifs is 1. The Morgan fingerprint density at radius 1 is 0.952 bits per heavy atom. The molecule has 0 saturated carbocycles. The molecule has 1 aromatic heterocycles. The molecule has 1 heterocycles. The molecule has 0 unspecified atom stereocenters. The van der Waals surface area contributed by atoms with Gasteiger partial charge in [-0.3, -0.25) is 0 Å². The lowest BCUT2D eigenvalue weighted by atomic mass is 10.1. The van der Waals surface area contributed by atoms with Crippen LogP contribution in [0.3, 0.4) is 0 Å². The number of benzene rings is 2. The number of halogens is 1. The lowest BCUT2D eigenvalue weighted by molar-refractivity contribution is 0.607. The second kappa shape index (κ2) is 5.48. The highest BCUT2D eigenvalue weighted by atomic mass is 19.1. The highest BCUT2D eigenvalue weighted by molar-refractivity contribution is 5.93. The normalized spacial score (nSPS) is 10.8. The summed E-state index contributed by atoms with van der Waals surface area (Å²) >= 11 is 0. The highest BCUT2D eigenvalue weighted by Gasteiger charge is 2.12. The first-order chi connectivity index (χ1) is 10.2. The first-order valence-corrected chi connectivity index (χ1v) is 6.83. The molecule has 21 heavy (non-hydrogen) atoms. The quantitative estimate of drug-likeness (QED) is 0.732. The van der Waals surface area contributed by atoms with Gasteiger partial charge in [0.05, 0.1) is 5.69 Å². The van der Waals surface area contributed by atoms with Crippen molar-refractivity contribution >= 4 is 16.6 Å².